The number of hydrogen-bond donors (Lipinski definition) is 0. The van der Waals surface area contributed by atoms with E-state index in [9.17, 15) is 0 Å². The Morgan fingerprint density at radius 3 is 1.25 bits per heavy atom. The van der Waals surface area contributed by atoms with Crippen LogP contribution in [0.4, 0.5) is 17.1 Å². The summed E-state index contributed by atoms with van der Waals surface area (Å²) in [6.45, 7) is 0. The molecule has 0 radical (unpaired) electrons. The van der Waals surface area contributed by atoms with Crippen LogP contribution in [-0.4, -0.2) is 0 Å². The highest BCUT2D eigenvalue weighted by Gasteiger charge is 2.52. The van der Waals surface area contributed by atoms with Crippen molar-refractivity contribution in [1.29, 1.82) is 0 Å². The molecule has 2 nitrogen and oxygen atoms in total. The van der Waals surface area contributed by atoms with Crippen LogP contribution in [0.3, 0.4) is 0 Å². The van der Waals surface area contributed by atoms with E-state index >= 15 is 0 Å². The van der Waals surface area contributed by atoms with Gasteiger partial charge >= 0.3 is 0 Å². The molecule has 294 valence electrons. The zero-order valence-corrected chi connectivity index (χ0v) is 34.4. The van der Waals surface area contributed by atoms with E-state index in [4.69, 9.17) is 4.42 Å². The van der Waals surface area contributed by atoms with Gasteiger partial charge in [0.05, 0.1) is 16.8 Å². The summed E-state index contributed by atoms with van der Waals surface area (Å²) in [4.78, 5) is 2.50. The average Bonchev–Trinajstić information content (AvgIpc) is 3.88. The van der Waals surface area contributed by atoms with E-state index in [2.05, 4.69) is 235 Å². The first-order chi connectivity index (χ1) is 31.3. The van der Waals surface area contributed by atoms with Gasteiger partial charge in [-0.15, -0.1) is 0 Å². The molecule has 0 N–H and O–H groups in total. The van der Waals surface area contributed by atoms with Gasteiger partial charge in [-0.1, -0.05) is 188 Å². The van der Waals surface area contributed by atoms with Gasteiger partial charge in [0.25, 0.3) is 0 Å². The molecule has 1 aliphatic heterocycles. The zero-order valence-electron chi connectivity index (χ0n) is 34.4. The highest BCUT2D eigenvalue weighted by Crippen LogP contribution is 2.64. The second kappa shape index (κ2) is 13.9. The smallest absolute Gasteiger partial charge is 0.135 e. The number of benzene rings is 10. The van der Waals surface area contributed by atoms with Gasteiger partial charge in [-0.2, -0.15) is 0 Å². The molecule has 2 heteroatoms. The first kappa shape index (κ1) is 35.5. The van der Waals surface area contributed by atoms with Gasteiger partial charge in [-0.05, 0) is 126 Å². The molecule has 1 aromatic heterocycles. The Labute approximate surface area is 366 Å². The van der Waals surface area contributed by atoms with Gasteiger partial charge in [-0.25, -0.2) is 0 Å². The van der Waals surface area contributed by atoms with Crippen molar-refractivity contribution < 1.29 is 4.42 Å². The Bertz CT molecular complexity index is 3400. The van der Waals surface area contributed by atoms with Gasteiger partial charge in [0, 0.05) is 16.5 Å². The maximum atomic E-state index is 6.39. The third-order valence-corrected chi connectivity index (χ3v) is 13.5. The van der Waals surface area contributed by atoms with Gasteiger partial charge in [0.2, 0.25) is 0 Å². The lowest BCUT2D eigenvalue weighted by atomic mass is 9.64. The maximum Gasteiger partial charge on any atom is 0.135 e. The predicted octanol–water partition coefficient (Wildman–Crippen LogP) is 16.4. The summed E-state index contributed by atoms with van der Waals surface area (Å²) in [5.41, 5.74) is 21.8. The fourth-order valence-electron chi connectivity index (χ4n) is 10.8. The normalized spacial score (nSPS) is 13.2. The minimum atomic E-state index is -0.643. The molecular weight excluding hydrogens is 763 g/mol. The molecule has 0 bridgehead atoms. The van der Waals surface area contributed by atoms with Crippen LogP contribution in [0.1, 0.15) is 22.3 Å². The summed E-state index contributed by atoms with van der Waals surface area (Å²) < 4.78 is 6.39. The Morgan fingerprint density at radius 1 is 0.286 bits per heavy atom. The lowest BCUT2D eigenvalue weighted by Crippen LogP contribution is -2.36. The lowest BCUT2D eigenvalue weighted by Gasteiger charge is -2.45. The molecule has 0 amide bonds. The van der Waals surface area contributed by atoms with Crippen molar-refractivity contribution in [3.8, 4) is 55.6 Å². The van der Waals surface area contributed by atoms with Crippen molar-refractivity contribution in [2.75, 3.05) is 4.90 Å². The second-order valence-electron chi connectivity index (χ2n) is 16.7. The third-order valence-electron chi connectivity index (χ3n) is 13.5. The van der Waals surface area contributed by atoms with Crippen LogP contribution < -0.4 is 4.90 Å². The van der Waals surface area contributed by atoms with Crippen LogP contribution in [-0.2, 0) is 5.41 Å². The van der Waals surface area contributed by atoms with E-state index in [1.807, 2.05) is 6.07 Å². The standard InChI is InChI=1S/C61H39NO/c1-3-17-40(18-4-1)45-21-7-9-23-47(45)42-31-34-57-55(37-42)61(53-28-14-11-25-49(53)50-26-12-15-29-54(50)61)56-38-43(48-24-10-8-22-46(48)41-19-5-2-6-20-41)32-35-58(56)62(57)44-33-36-60-52(39-44)51-27-13-16-30-59(51)63-60/h1-39H. The van der Waals surface area contributed by atoms with Crippen LogP contribution in [0.25, 0.3) is 77.6 Å². The molecule has 2 aliphatic rings. The van der Waals surface area contributed by atoms with Gasteiger partial charge in [-0.3, -0.25) is 0 Å². The van der Waals surface area contributed by atoms with Gasteiger partial charge in [0.15, 0.2) is 0 Å². The van der Waals surface area contributed by atoms with E-state index < -0.39 is 5.41 Å². The van der Waals surface area contributed by atoms with E-state index in [0.29, 0.717) is 0 Å². The summed E-state index contributed by atoms with van der Waals surface area (Å²) in [5.74, 6) is 0. The number of furan rings is 1. The highest BCUT2D eigenvalue weighted by atomic mass is 16.3. The number of nitrogens with zero attached hydrogens (tertiary/aromatic N) is 1. The van der Waals surface area contributed by atoms with E-state index in [0.717, 1.165) is 39.0 Å². The Kier molecular flexibility index (Phi) is 7.85. The Hall–Kier alpha value is -8.20. The molecule has 63 heavy (non-hydrogen) atoms. The fourth-order valence-corrected chi connectivity index (χ4v) is 10.8. The Morgan fingerprint density at radius 2 is 0.714 bits per heavy atom. The fraction of sp³-hybridized carbons (Fsp3) is 0.0164. The SMILES string of the molecule is c1ccc(-c2ccccc2-c2ccc3c(c2)C2(c4ccccc4-c4ccccc42)c2cc(-c4ccccc4-c4ccccc4)ccc2N3c2ccc3oc4ccccc4c3c2)cc1. The predicted molar refractivity (Wildman–Crippen MR) is 261 cm³/mol. The van der Waals surface area contributed by atoms with Crippen LogP contribution >= 0.6 is 0 Å². The second-order valence-corrected chi connectivity index (χ2v) is 16.7. The van der Waals surface area contributed by atoms with Crippen LogP contribution in [0.5, 0.6) is 0 Å². The summed E-state index contributed by atoms with van der Waals surface area (Å²) >= 11 is 0. The number of rotatable bonds is 5. The quantitative estimate of drug-likeness (QED) is 0.172. The molecule has 10 aromatic carbocycles. The molecule has 0 unspecified atom stereocenters. The Balaban J connectivity index is 1.15. The number of anilines is 3. The number of hydrogen-bond acceptors (Lipinski definition) is 2. The van der Waals surface area contributed by atoms with Crippen molar-refractivity contribution in [3.63, 3.8) is 0 Å². The van der Waals surface area contributed by atoms with Crippen molar-refractivity contribution in [2.45, 2.75) is 5.41 Å². The minimum absolute atomic E-state index is 0.643. The van der Waals surface area contributed by atoms with E-state index in [1.165, 1.54) is 77.9 Å². The van der Waals surface area contributed by atoms with Crippen molar-refractivity contribution in [1.82, 2.24) is 0 Å². The molecular formula is C61H39NO. The molecule has 0 saturated heterocycles. The van der Waals surface area contributed by atoms with Crippen molar-refractivity contribution in [2.24, 2.45) is 0 Å². The largest absolute Gasteiger partial charge is 0.456 e. The molecule has 1 spiro atoms. The molecule has 0 atom stereocenters. The molecule has 13 rings (SSSR count). The molecule has 11 aromatic rings. The molecule has 0 fully saturated rings. The number of para-hydroxylation sites is 1. The average molecular weight is 802 g/mol. The van der Waals surface area contributed by atoms with Gasteiger partial charge < -0.3 is 9.32 Å². The summed E-state index contributed by atoms with van der Waals surface area (Å²) in [6.07, 6.45) is 0. The minimum Gasteiger partial charge on any atom is -0.456 e. The lowest BCUT2D eigenvalue weighted by molar-refractivity contribution is 0.669. The van der Waals surface area contributed by atoms with Crippen molar-refractivity contribution >= 4 is 39.0 Å². The summed E-state index contributed by atoms with van der Waals surface area (Å²) in [5, 5.41) is 2.22. The monoisotopic (exact) mass is 801 g/mol. The first-order valence-corrected chi connectivity index (χ1v) is 21.8. The first-order valence-electron chi connectivity index (χ1n) is 21.8. The molecule has 1 aliphatic carbocycles. The topological polar surface area (TPSA) is 16.4 Å². The molecule has 2 heterocycles. The van der Waals surface area contributed by atoms with E-state index in [-0.39, 0.29) is 0 Å². The van der Waals surface area contributed by atoms with Crippen LogP contribution in [0, 0.1) is 0 Å². The number of fused-ring (bicyclic) bond motifs is 12. The van der Waals surface area contributed by atoms with Crippen LogP contribution in [0.15, 0.2) is 241 Å². The van der Waals surface area contributed by atoms with Gasteiger partial charge in [0.1, 0.15) is 11.2 Å². The summed E-state index contributed by atoms with van der Waals surface area (Å²) in [6, 6.07) is 86.9. The molecule has 0 saturated carbocycles. The maximum absolute atomic E-state index is 6.39. The third kappa shape index (κ3) is 5.25. The van der Waals surface area contributed by atoms with Crippen molar-refractivity contribution in [3.05, 3.63) is 259 Å². The summed E-state index contributed by atoms with van der Waals surface area (Å²) in [7, 11) is 0. The highest BCUT2D eigenvalue weighted by molar-refractivity contribution is 6.07. The van der Waals surface area contributed by atoms with E-state index in [1.54, 1.807) is 0 Å². The zero-order chi connectivity index (χ0) is 41.5. The van der Waals surface area contributed by atoms with Crippen LogP contribution in [0.2, 0.25) is 0 Å².